The van der Waals surface area contributed by atoms with E-state index in [0.717, 1.165) is 12.1 Å². The van der Waals surface area contributed by atoms with Crippen LogP contribution in [0.25, 0.3) is 11.3 Å². The summed E-state index contributed by atoms with van der Waals surface area (Å²) in [6, 6.07) is 3.64. The quantitative estimate of drug-likeness (QED) is 0.834. The van der Waals surface area contributed by atoms with Gasteiger partial charge in [-0.05, 0) is 18.2 Å². The first kappa shape index (κ1) is 10.7. The van der Waals surface area contributed by atoms with E-state index < -0.39 is 11.6 Å². The van der Waals surface area contributed by atoms with E-state index in [0.29, 0.717) is 17.0 Å². The van der Waals surface area contributed by atoms with E-state index in [2.05, 4.69) is 10.3 Å². The molecule has 16 heavy (non-hydrogen) atoms. The highest BCUT2D eigenvalue weighted by Crippen LogP contribution is 2.23. The number of nitrogens with two attached hydrogens (primary N) is 1. The van der Waals surface area contributed by atoms with Crippen LogP contribution in [-0.2, 0) is 13.6 Å². The predicted octanol–water partition coefficient (Wildman–Crippen LogP) is 1.22. The molecule has 2 rings (SSSR count). The lowest BCUT2D eigenvalue weighted by Crippen LogP contribution is -2.01. The Morgan fingerprint density at radius 2 is 2.06 bits per heavy atom. The highest BCUT2D eigenvalue weighted by molar-refractivity contribution is 5.61. The van der Waals surface area contributed by atoms with Gasteiger partial charge in [0.2, 0.25) is 0 Å². The van der Waals surface area contributed by atoms with Gasteiger partial charge in [-0.25, -0.2) is 13.5 Å². The number of hydrogen-bond donors (Lipinski definition) is 1. The molecule has 0 amide bonds. The Labute approximate surface area is 90.7 Å². The molecule has 0 bridgehead atoms. The van der Waals surface area contributed by atoms with Crippen LogP contribution in [0.4, 0.5) is 8.78 Å². The van der Waals surface area contributed by atoms with Crippen molar-refractivity contribution >= 4 is 0 Å². The molecular weight excluding hydrogens is 214 g/mol. The molecule has 4 nitrogen and oxygen atoms in total. The number of benzene rings is 1. The minimum Gasteiger partial charge on any atom is -0.325 e. The third-order valence-electron chi connectivity index (χ3n) is 2.28. The van der Waals surface area contributed by atoms with Gasteiger partial charge in [0.1, 0.15) is 5.69 Å². The molecular formula is C10H10F2N4. The lowest BCUT2D eigenvalue weighted by atomic mass is 10.1. The molecule has 1 heterocycles. The van der Waals surface area contributed by atoms with Gasteiger partial charge in [-0.2, -0.15) is 0 Å². The topological polar surface area (TPSA) is 56.7 Å². The molecule has 0 fully saturated rings. The highest BCUT2D eigenvalue weighted by atomic mass is 19.2. The molecule has 0 atom stereocenters. The summed E-state index contributed by atoms with van der Waals surface area (Å²) in [4.78, 5) is 0. The van der Waals surface area contributed by atoms with E-state index in [1.165, 1.54) is 10.7 Å². The lowest BCUT2D eigenvalue weighted by molar-refractivity contribution is 0.509. The molecule has 1 aromatic carbocycles. The molecule has 0 aliphatic heterocycles. The van der Waals surface area contributed by atoms with E-state index in [9.17, 15) is 8.78 Å². The fourth-order valence-electron chi connectivity index (χ4n) is 1.53. The summed E-state index contributed by atoms with van der Waals surface area (Å²) < 4.78 is 27.3. The van der Waals surface area contributed by atoms with E-state index in [1.54, 1.807) is 7.05 Å². The van der Waals surface area contributed by atoms with Crippen molar-refractivity contribution in [2.45, 2.75) is 6.54 Å². The fraction of sp³-hybridized carbons (Fsp3) is 0.200. The largest absolute Gasteiger partial charge is 0.325 e. The summed E-state index contributed by atoms with van der Waals surface area (Å²) in [5, 5.41) is 7.62. The van der Waals surface area contributed by atoms with Crippen molar-refractivity contribution in [3.05, 3.63) is 35.5 Å². The minimum atomic E-state index is -0.901. The Bertz CT molecular complexity index is 522. The van der Waals surface area contributed by atoms with Crippen LogP contribution in [0.3, 0.4) is 0 Å². The van der Waals surface area contributed by atoms with Crippen LogP contribution in [-0.4, -0.2) is 15.0 Å². The fourth-order valence-corrected chi connectivity index (χ4v) is 1.53. The van der Waals surface area contributed by atoms with Crippen LogP contribution in [0.15, 0.2) is 18.2 Å². The van der Waals surface area contributed by atoms with Gasteiger partial charge in [-0.15, -0.1) is 5.10 Å². The number of rotatable bonds is 2. The Hall–Kier alpha value is -1.82. The Morgan fingerprint density at radius 1 is 1.31 bits per heavy atom. The Kier molecular flexibility index (Phi) is 2.66. The zero-order valence-corrected chi connectivity index (χ0v) is 8.61. The number of aryl methyl sites for hydroxylation is 1. The monoisotopic (exact) mass is 224 g/mol. The van der Waals surface area contributed by atoms with Gasteiger partial charge in [0.25, 0.3) is 0 Å². The lowest BCUT2D eigenvalue weighted by Gasteiger charge is -2.03. The summed E-state index contributed by atoms with van der Waals surface area (Å²) >= 11 is 0. The average Bonchev–Trinajstić information content (AvgIpc) is 2.64. The number of nitrogens with zero attached hydrogens (tertiary/aromatic N) is 3. The van der Waals surface area contributed by atoms with Gasteiger partial charge in [0.15, 0.2) is 11.6 Å². The van der Waals surface area contributed by atoms with Gasteiger partial charge >= 0.3 is 0 Å². The molecule has 0 radical (unpaired) electrons. The summed E-state index contributed by atoms with van der Waals surface area (Å²) in [7, 11) is 1.67. The molecule has 0 saturated carbocycles. The second kappa shape index (κ2) is 3.97. The normalized spacial score (nSPS) is 10.8. The summed E-state index contributed by atoms with van der Waals surface area (Å²) in [5.74, 6) is -1.78. The standard InChI is InChI=1S/C10H10F2N4/c1-16-10(9(5-13)14-15-16)6-2-3-7(11)8(12)4-6/h2-4H,5,13H2,1H3. The van der Waals surface area contributed by atoms with Crippen molar-refractivity contribution in [2.75, 3.05) is 0 Å². The third-order valence-corrected chi connectivity index (χ3v) is 2.28. The Balaban J connectivity index is 2.57. The average molecular weight is 224 g/mol. The smallest absolute Gasteiger partial charge is 0.159 e. The molecule has 0 aliphatic rings. The van der Waals surface area contributed by atoms with Crippen molar-refractivity contribution in [1.29, 1.82) is 0 Å². The number of aromatic nitrogens is 3. The molecule has 0 spiro atoms. The van der Waals surface area contributed by atoms with Crippen molar-refractivity contribution in [3.63, 3.8) is 0 Å². The van der Waals surface area contributed by atoms with Crippen LogP contribution in [0, 0.1) is 11.6 Å². The zero-order valence-electron chi connectivity index (χ0n) is 8.61. The van der Waals surface area contributed by atoms with E-state index in [-0.39, 0.29) is 6.54 Å². The van der Waals surface area contributed by atoms with E-state index in [1.807, 2.05) is 0 Å². The van der Waals surface area contributed by atoms with Crippen molar-refractivity contribution in [3.8, 4) is 11.3 Å². The van der Waals surface area contributed by atoms with Crippen LogP contribution in [0.1, 0.15) is 5.69 Å². The number of hydrogen-bond acceptors (Lipinski definition) is 3. The zero-order chi connectivity index (χ0) is 11.7. The molecule has 2 aromatic rings. The summed E-state index contributed by atoms with van der Waals surface area (Å²) in [6.45, 7) is 0.197. The van der Waals surface area contributed by atoms with Gasteiger partial charge in [-0.3, -0.25) is 0 Å². The summed E-state index contributed by atoms with van der Waals surface area (Å²) in [6.07, 6.45) is 0. The van der Waals surface area contributed by atoms with Crippen molar-refractivity contribution in [1.82, 2.24) is 15.0 Å². The van der Waals surface area contributed by atoms with Crippen molar-refractivity contribution in [2.24, 2.45) is 12.8 Å². The van der Waals surface area contributed by atoms with Crippen molar-refractivity contribution < 1.29 is 8.78 Å². The minimum absolute atomic E-state index is 0.197. The molecule has 84 valence electrons. The first-order valence-corrected chi connectivity index (χ1v) is 4.67. The molecule has 0 unspecified atom stereocenters. The van der Waals surface area contributed by atoms with E-state index >= 15 is 0 Å². The maximum absolute atomic E-state index is 13.1. The van der Waals surface area contributed by atoms with Crippen LogP contribution in [0.5, 0.6) is 0 Å². The van der Waals surface area contributed by atoms with Crippen LogP contribution < -0.4 is 5.73 Å². The van der Waals surface area contributed by atoms with Crippen LogP contribution >= 0.6 is 0 Å². The van der Waals surface area contributed by atoms with E-state index in [4.69, 9.17) is 5.73 Å². The molecule has 2 N–H and O–H groups in total. The first-order valence-electron chi connectivity index (χ1n) is 4.67. The summed E-state index contributed by atoms with van der Waals surface area (Å²) in [5.41, 5.74) is 7.14. The second-order valence-corrected chi connectivity index (χ2v) is 3.34. The maximum Gasteiger partial charge on any atom is 0.159 e. The van der Waals surface area contributed by atoms with Gasteiger partial charge < -0.3 is 5.73 Å². The Morgan fingerprint density at radius 3 is 2.69 bits per heavy atom. The molecule has 0 aliphatic carbocycles. The highest BCUT2D eigenvalue weighted by Gasteiger charge is 2.13. The first-order chi connectivity index (χ1) is 7.63. The SMILES string of the molecule is Cn1nnc(CN)c1-c1ccc(F)c(F)c1. The van der Waals surface area contributed by atoms with Crippen LogP contribution in [0.2, 0.25) is 0 Å². The second-order valence-electron chi connectivity index (χ2n) is 3.34. The van der Waals surface area contributed by atoms with Gasteiger partial charge in [0.05, 0.1) is 5.69 Å². The third kappa shape index (κ3) is 1.67. The number of halogens is 2. The molecule has 0 saturated heterocycles. The van der Waals surface area contributed by atoms with Gasteiger partial charge in [-0.1, -0.05) is 5.21 Å². The predicted molar refractivity (Wildman–Crippen MR) is 54.2 cm³/mol. The molecule has 6 heteroatoms. The van der Waals surface area contributed by atoms with Gasteiger partial charge in [0, 0.05) is 19.2 Å². The molecule has 1 aromatic heterocycles. The maximum atomic E-state index is 13.1.